The fraction of sp³-hybridized carbons (Fsp3) is 0.440. The molecule has 0 radical (unpaired) electrons. The Bertz CT molecular complexity index is 1070. The van der Waals surface area contributed by atoms with Crippen LogP contribution in [0.5, 0.6) is 0 Å². The van der Waals surface area contributed by atoms with E-state index >= 15 is 0 Å². The number of hydrogen-bond acceptors (Lipinski definition) is 3. The zero-order valence-electron chi connectivity index (χ0n) is 18.9. The minimum Gasteiger partial charge on any atom is -0.390 e. The first kappa shape index (κ1) is 22.0. The van der Waals surface area contributed by atoms with E-state index in [0.29, 0.717) is 13.0 Å². The Morgan fingerprint density at radius 2 is 1.90 bits per heavy atom. The topological polar surface area (TPSA) is 81.1 Å². The lowest BCUT2D eigenvalue weighted by molar-refractivity contribution is -0.119. The Morgan fingerprint density at radius 1 is 1.20 bits per heavy atom. The van der Waals surface area contributed by atoms with E-state index in [0.717, 1.165) is 33.4 Å². The summed E-state index contributed by atoms with van der Waals surface area (Å²) in [6, 6.07) is 10.3. The molecule has 3 rings (SSSR count). The summed E-state index contributed by atoms with van der Waals surface area (Å²) in [5.41, 5.74) is 11.3. The summed E-state index contributed by atoms with van der Waals surface area (Å²) in [4.78, 5) is 16.1. The zero-order chi connectivity index (χ0) is 22.2. The van der Waals surface area contributed by atoms with Crippen molar-refractivity contribution >= 4 is 16.8 Å². The largest absolute Gasteiger partial charge is 0.390 e. The van der Waals surface area contributed by atoms with Crippen molar-refractivity contribution in [3.05, 3.63) is 53.3 Å². The van der Waals surface area contributed by atoms with Crippen LogP contribution in [0.15, 0.2) is 36.5 Å². The Balaban J connectivity index is 2.33. The summed E-state index contributed by atoms with van der Waals surface area (Å²) in [5, 5.41) is 11.5. The van der Waals surface area contributed by atoms with Crippen molar-refractivity contribution in [2.45, 2.75) is 71.9 Å². The van der Waals surface area contributed by atoms with Crippen molar-refractivity contribution in [1.29, 1.82) is 0 Å². The van der Waals surface area contributed by atoms with Crippen molar-refractivity contribution < 1.29 is 9.90 Å². The van der Waals surface area contributed by atoms with Crippen LogP contribution in [0, 0.1) is 6.92 Å². The van der Waals surface area contributed by atoms with Crippen LogP contribution < -0.4 is 5.73 Å². The lowest BCUT2D eigenvalue weighted by Crippen LogP contribution is -2.21. The van der Waals surface area contributed by atoms with Gasteiger partial charge in [-0.15, -0.1) is 0 Å². The molecule has 160 valence electrons. The molecule has 0 saturated carbocycles. The van der Waals surface area contributed by atoms with Crippen LogP contribution in [-0.4, -0.2) is 26.2 Å². The number of fused-ring (bicyclic) bond motifs is 1. The minimum absolute atomic E-state index is 0.276. The van der Waals surface area contributed by atoms with Gasteiger partial charge in [0.15, 0.2) is 0 Å². The number of pyridine rings is 1. The van der Waals surface area contributed by atoms with Crippen LogP contribution >= 0.6 is 0 Å². The molecular weight excluding hydrogens is 374 g/mol. The second-order valence-electron chi connectivity index (χ2n) is 9.22. The number of hydrogen-bond donors (Lipinski definition) is 2. The fourth-order valence-corrected chi connectivity index (χ4v) is 4.04. The summed E-state index contributed by atoms with van der Waals surface area (Å²) in [6.07, 6.45) is 2.47. The average molecular weight is 408 g/mol. The highest BCUT2D eigenvalue weighted by Crippen LogP contribution is 2.40. The number of aliphatic hydroxyl groups is 1. The van der Waals surface area contributed by atoms with Crippen LogP contribution in [0.1, 0.15) is 69.7 Å². The maximum atomic E-state index is 11.8. The van der Waals surface area contributed by atoms with Crippen molar-refractivity contribution in [2.24, 2.45) is 5.73 Å². The number of carbonyl (C=O) groups is 1. The van der Waals surface area contributed by atoms with E-state index in [-0.39, 0.29) is 17.7 Å². The normalized spacial score (nSPS) is 13.2. The summed E-state index contributed by atoms with van der Waals surface area (Å²) in [6.45, 7) is 12.6. The predicted molar refractivity (Wildman–Crippen MR) is 123 cm³/mol. The van der Waals surface area contributed by atoms with Gasteiger partial charge in [0.1, 0.15) is 0 Å². The van der Waals surface area contributed by atoms with E-state index in [9.17, 15) is 9.90 Å². The average Bonchev–Trinajstić information content (AvgIpc) is 2.98. The molecule has 30 heavy (non-hydrogen) atoms. The van der Waals surface area contributed by atoms with Crippen molar-refractivity contribution in [2.75, 3.05) is 0 Å². The van der Waals surface area contributed by atoms with E-state index in [1.807, 2.05) is 46.0 Å². The third-order valence-corrected chi connectivity index (χ3v) is 5.75. The molecule has 0 bridgehead atoms. The molecule has 0 saturated heterocycles. The molecule has 0 aliphatic carbocycles. The van der Waals surface area contributed by atoms with Gasteiger partial charge < -0.3 is 15.4 Å². The number of benzene rings is 1. The van der Waals surface area contributed by atoms with Crippen LogP contribution in [0.2, 0.25) is 0 Å². The Labute approximate surface area is 178 Å². The van der Waals surface area contributed by atoms with Gasteiger partial charge in [-0.25, -0.2) is 0 Å². The number of carbonyl (C=O) groups excluding carboxylic acids is 1. The molecule has 3 aromatic rings. The first-order valence-corrected chi connectivity index (χ1v) is 10.6. The van der Waals surface area contributed by atoms with E-state index in [1.165, 1.54) is 5.56 Å². The van der Waals surface area contributed by atoms with Crippen LogP contribution in [-0.2, 0) is 11.3 Å². The number of nitrogens with zero attached hydrogens (tertiary/aromatic N) is 2. The lowest BCUT2D eigenvalue weighted by Gasteiger charge is -2.20. The molecule has 5 heteroatoms. The van der Waals surface area contributed by atoms with E-state index in [1.54, 1.807) is 0 Å². The van der Waals surface area contributed by atoms with E-state index in [2.05, 4.69) is 41.6 Å². The maximum absolute atomic E-state index is 11.8. The van der Waals surface area contributed by atoms with Gasteiger partial charge in [-0.2, -0.15) is 0 Å². The van der Waals surface area contributed by atoms with Crippen molar-refractivity contribution in [3.63, 3.8) is 0 Å². The van der Waals surface area contributed by atoms with Crippen LogP contribution in [0.3, 0.4) is 0 Å². The Morgan fingerprint density at radius 3 is 2.47 bits per heavy atom. The first-order valence-electron chi connectivity index (χ1n) is 10.6. The molecule has 0 spiro atoms. The van der Waals surface area contributed by atoms with Gasteiger partial charge in [-0.1, -0.05) is 19.9 Å². The van der Waals surface area contributed by atoms with Gasteiger partial charge in [-0.05, 0) is 75.4 Å². The lowest BCUT2D eigenvalue weighted by atomic mass is 9.93. The third kappa shape index (κ3) is 4.41. The number of rotatable bonds is 7. The minimum atomic E-state index is -0.763. The van der Waals surface area contributed by atoms with Crippen LogP contribution in [0.4, 0.5) is 0 Å². The van der Waals surface area contributed by atoms with E-state index < -0.39 is 5.60 Å². The van der Waals surface area contributed by atoms with E-state index in [4.69, 9.17) is 5.73 Å². The third-order valence-electron chi connectivity index (χ3n) is 5.75. The van der Waals surface area contributed by atoms with Gasteiger partial charge in [0.25, 0.3) is 0 Å². The first-order chi connectivity index (χ1) is 14.0. The smallest absolute Gasteiger partial charge is 0.224 e. The Kier molecular flexibility index (Phi) is 6.04. The van der Waals surface area contributed by atoms with Gasteiger partial charge in [-0.3, -0.25) is 9.78 Å². The number of primary amides is 1. The van der Waals surface area contributed by atoms with Crippen molar-refractivity contribution in [3.8, 4) is 11.3 Å². The molecule has 0 aliphatic heterocycles. The Hall–Kier alpha value is -2.66. The zero-order valence-corrected chi connectivity index (χ0v) is 18.9. The second-order valence-corrected chi connectivity index (χ2v) is 9.22. The van der Waals surface area contributed by atoms with Gasteiger partial charge in [0.05, 0.1) is 17.2 Å². The molecule has 2 heterocycles. The number of aromatic nitrogens is 2. The molecule has 1 atom stereocenters. The highest BCUT2D eigenvalue weighted by Gasteiger charge is 2.24. The van der Waals surface area contributed by atoms with Gasteiger partial charge in [0, 0.05) is 34.9 Å². The molecule has 1 aromatic carbocycles. The van der Waals surface area contributed by atoms with Crippen LogP contribution in [0.25, 0.3) is 22.2 Å². The summed E-state index contributed by atoms with van der Waals surface area (Å²) in [7, 11) is 0. The number of aryl methyl sites for hydroxylation is 2. The molecule has 0 aliphatic rings. The monoisotopic (exact) mass is 407 g/mol. The highest BCUT2D eigenvalue weighted by molar-refractivity contribution is 5.94. The molecule has 1 unspecified atom stereocenters. The fourth-order valence-electron chi connectivity index (χ4n) is 4.04. The molecular formula is C25H33N3O2. The van der Waals surface area contributed by atoms with Gasteiger partial charge >= 0.3 is 0 Å². The molecule has 2 aromatic heterocycles. The predicted octanol–water partition coefficient (Wildman–Crippen LogP) is 4.88. The molecule has 5 nitrogen and oxygen atoms in total. The second kappa shape index (κ2) is 8.23. The summed E-state index contributed by atoms with van der Waals surface area (Å²) >= 11 is 0. The van der Waals surface area contributed by atoms with Crippen molar-refractivity contribution in [1.82, 2.24) is 9.55 Å². The quantitative estimate of drug-likeness (QED) is 0.585. The molecule has 1 amide bonds. The maximum Gasteiger partial charge on any atom is 0.224 e. The number of amides is 1. The molecule has 0 fully saturated rings. The molecule has 3 N–H and O–H groups in total. The highest BCUT2D eigenvalue weighted by atomic mass is 16.3. The standard InChI is InChI=1S/C25H33N3O2/c1-15(2)22-20-14-18(17(4)24(26)29)7-8-21(20)28(12-10-25(5,6)30)23(22)19-9-11-27-16(3)13-19/h7-9,11,13-15,17,30H,10,12H2,1-6H3,(H2,26,29). The summed E-state index contributed by atoms with van der Waals surface area (Å²) in [5.74, 6) is -0.397. The van der Waals surface area contributed by atoms with Gasteiger partial charge in [0.2, 0.25) is 5.91 Å². The SMILES string of the molecule is Cc1cc(-c2c(C(C)C)c3cc(C(C)C(N)=O)ccc3n2CCC(C)(C)O)ccn1. The number of nitrogens with two attached hydrogens (primary N) is 1. The summed E-state index contributed by atoms with van der Waals surface area (Å²) < 4.78 is 2.30.